The molecule has 0 aliphatic heterocycles. The summed E-state index contributed by atoms with van der Waals surface area (Å²) in [7, 11) is 4.18. The van der Waals surface area contributed by atoms with Gasteiger partial charge in [-0.3, -0.25) is 0 Å². The number of aryl methyl sites for hydroxylation is 1. The second-order valence-corrected chi connectivity index (χ2v) is 6.35. The van der Waals surface area contributed by atoms with Gasteiger partial charge in [0.05, 0.1) is 11.2 Å². The van der Waals surface area contributed by atoms with Crippen molar-refractivity contribution in [3.05, 3.63) is 60.2 Å². The van der Waals surface area contributed by atoms with Gasteiger partial charge in [0.1, 0.15) is 0 Å². The monoisotopic (exact) mass is 355 g/mol. The van der Waals surface area contributed by atoms with Crippen LogP contribution in [0, 0.1) is 0 Å². The third-order valence-corrected chi connectivity index (χ3v) is 4.25. The molecule has 0 atom stereocenters. The second kappa shape index (κ2) is 8.84. The normalized spacial score (nSPS) is 10.7. The summed E-state index contributed by atoms with van der Waals surface area (Å²) in [6, 6.07) is 19.2. The molecule has 0 aliphatic rings. The molecule has 0 spiro atoms. The Labute approximate surface area is 156 Å². The fraction of sp³-hybridized carbons (Fsp3) is 0.286. The second-order valence-electron chi connectivity index (χ2n) is 6.35. The summed E-state index contributed by atoms with van der Waals surface area (Å²) in [4.78, 5) is 7.04. The van der Waals surface area contributed by atoms with Crippen molar-refractivity contribution >= 4 is 29.0 Å². The van der Waals surface area contributed by atoms with Crippen LogP contribution in [0.3, 0.4) is 0 Å². The van der Waals surface area contributed by atoms with Crippen LogP contribution in [0.5, 0.6) is 0 Å². The number of nitrogens with zero attached hydrogens (tertiary/aromatic N) is 2. The first-order chi connectivity index (χ1) is 11.7. The Morgan fingerprint density at radius 3 is 2.40 bits per heavy atom. The van der Waals surface area contributed by atoms with Crippen LogP contribution in [0.25, 0.3) is 22.2 Å². The van der Waals surface area contributed by atoms with Gasteiger partial charge in [-0.2, -0.15) is 0 Å². The number of aromatic nitrogens is 1. The molecule has 1 N–H and O–H groups in total. The zero-order valence-corrected chi connectivity index (χ0v) is 15.9. The summed E-state index contributed by atoms with van der Waals surface area (Å²) in [6.45, 7) is 4.09. The molecular formula is C21H26ClN3. The zero-order chi connectivity index (χ0) is 16.9. The minimum atomic E-state index is 0. The summed E-state index contributed by atoms with van der Waals surface area (Å²) < 4.78 is 0. The lowest BCUT2D eigenvalue weighted by Crippen LogP contribution is -2.20. The number of hydrogen-bond acceptors (Lipinski definition) is 3. The first-order valence-corrected chi connectivity index (χ1v) is 8.55. The Morgan fingerprint density at radius 1 is 1.00 bits per heavy atom. The molecule has 132 valence electrons. The third kappa shape index (κ3) is 4.71. The first kappa shape index (κ1) is 19.2. The van der Waals surface area contributed by atoms with Crippen LogP contribution in [-0.4, -0.2) is 37.1 Å². The number of rotatable bonds is 6. The predicted molar refractivity (Wildman–Crippen MR) is 111 cm³/mol. The van der Waals surface area contributed by atoms with E-state index in [4.69, 9.17) is 4.98 Å². The van der Waals surface area contributed by atoms with E-state index in [-0.39, 0.29) is 12.4 Å². The number of fused-ring (bicyclic) bond motifs is 1. The van der Waals surface area contributed by atoms with Gasteiger partial charge in [-0.05, 0) is 38.2 Å². The van der Waals surface area contributed by atoms with Gasteiger partial charge in [0.15, 0.2) is 0 Å². The number of hydrogen-bond donors (Lipinski definition) is 1. The van der Waals surface area contributed by atoms with Gasteiger partial charge in [-0.25, -0.2) is 4.98 Å². The predicted octanol–water partition coefficient (Wildman–Crippen LogP) is 4.86. The van der Waals surface area contributed by atoms with Crippen molar-refractivity contribution < 1.29 is 0 Å². The van der Waals surface area contributed by atoms with Gasteiger partial charge in [-0.1, -0.05) is 49.4 Å². The van der Waals surface area contributed by atoms with E-state index < -0.39 is 0 Å². The van der Waals surface area contributed by atoms with Crippen LogP contribution >= 0.6 is 12.4 Å². The van der Waals surface area contributed by atoms with Crippen molar-refractivity contribution in [3.63, 3.8) is 0 Å². The van der Waals surface area contributed by atoms with Gasteiger partial charge in [0.25, 0.3) is 0 Å². The Balaban J connectivity index is 0.00000225. The van der Waals surface area contributed by atoms with E-state index in [1.165, 1.54) is 10.9 Å². The highest BCUT2D eigenvalue weighted by molar-refractivity contribution is 5.93. The van der Waals surface area contributed by atoms with Crippen LogP contribution < -0.4 is 5.32 Å². The fourth-order valence-electron chi connectivity index (χ4n) is 2.79. The molecule has 3 aromatic rings. The summed E-state index contributed by atoms with van der Waals surface area (Å²) >= 11 is 0. The average molecular weight is 356 g/mol. The van der Waals surface area contributed by atoms with E-state index in [0.29, 0.717) is 0 Å². The SMILES string of the molecule is CCc1ccc(-c2cc(NCCN(C)C)c3ccccc3n2)cc1.Cl. The topological polar surface area (TPSA) is 28.2 Å². The molecule has 0 radical (unpaired) electrons. The number of likely N-dealkylation sites (N-methyl/N-ethyl adjacent to an activating group) is 1. The Bertz CT molecular complexity index is 813. The van der Waals surface area contributed by atoms with Gasteiger partial charge >= 0.3 is 0 Å². The summed E-state index contributed by atoms with van der Waals surface area (Å²) in [5, 5.41) is 4.74. The van der Waals surface area contributed by atoms with E-state index in [9.17, 15) is 0 Å². The average Bonchev–Trinajstić information content (AvgIpc) is 2.61. The van der Waals surface area contributed by atoms with Gasteiger partial charge in [0, 0.05) is 29.7 Å². The van der Waals surface area contributed by atoms with E-state index in [1.807, 2.05) is 6.07 Å². The van der Waals surface area contributed by atoms with Gasteiger partial charge in [-0.15, -0.1) is 12.4 Å². The number of anilines is 1. The van der Waals surface area contributed by atoms with E-state index in [1.54, 1.807) is 0 Å². The number of benzene rings is 2. The lowest BCUT2D eigenvalue weighted by molar-refractivity contribution is 0.425. The molecule has 0 unspecified atom stereocenters. The van der Waals surface area contributed by atoms with E-state index in [0.717, 1.165) is 42.0 Å². The third-order valence-electron chi connectivity index (χ3n) is 4.25. The smallest absolute Gasteiger partial charge is 0.0730 e. The van der Waals surface area contributed by atoms with Crippen molar-refractivity contribution in [3.8, 4) is 11.3 Å². The van der Waals surface area contributed by atoms with Crippen LogP contribution in [0.4, 0.5) is 5.69 Å². The van der Waals surface area contributed by atoms with Crippen molar-refractivity contribution in [1.29, 1.82) is 0 Å². The highest BCUT2D eigenvalue weighted by atomic mass is 35.5. The largest absolute Gasteiger partial charge is 0.383 e. The van der Waals surface area contributed by atoms with Gasteiger partial charge in [0.2, 0.25) is 0 Å². The molecule has 3 rings (SSSR count). The molecule has 0 fully saturated rings. The minimum Gasteiger partial charge on any atom is -0.383 e. The number of halogens is 1. The lowest BCUT2D eigenvalue weighted by atomic mass is 10.0. The van der Waals surface area contributed by atoms with E-state index >= 15 is 0 Å². The zero-order valence-electron chi connectivity index (χ0n) is 15.1. The summed E-state index contributed by atoms with van der Waals surface area (Å²) in [5.41, 5.74) is 5.71. The number of pyridine rings is 1. The molecular weight excluding hydrogens is 330 g/mol. The standard InChI is InChI=1S/C21H25N3.ClH/c1-4-16-9-11-17(12-10-16)20-15-21(22-13-14-24(2)3)18-7-5-6-8-19(18)23-20;/h5-12,15H,4,13-14H2,1-3H3,(H,22,23);1H. The van der Waals surface area contributed by atoms with Crippen LogP contribution in [0.2, 0.25) is 0 Å². The molecule has 2 aromatic carbocycles. The number of nitrogens with one attached hydrogen (secondary N) is 1. The maximum Gasteiger partial charge on any atom is 0.0730 e. The van der Waals surface area contributed by atoms with Crippen molar-refractivity contribution in [2.45, 2.75) is 13.3 Å². The van der Waals surface area contributed by atoms with Crippen LogP contribution in [-0.2, 0) is 6.42 Å². The molecule has 0 bridgehead atoms. The van der Waals surface area contributed by atoms with Crippen molar-refractivity contribution in [2.24, 2.45) is 0 Å². The minimum absolute atomic E-state index is 0. The molecule has 0 saturated heterocycles. The molecule has 0 aliphatic carbocycles. The highest BCUT2D eigenvalue weighted by Gasteiger charge is 2.07. The Morgan fingerprint density at radius 2 is 1.72 bits per heavy atom. The maximum atomic E-state index is 4.85. The van der Waals surface area contributed by atoms with Crippen LogP contribution in [0.1, 0.15) is 12.5 Å². The molecule has 4 heteroatoms. The Kier molecular flexibility index (Phi) is 6.80. The summed E-state index contributed by atoms with van der Waals surface area (Å²) in [6.07, 6.45) is 1.06. The lowest BCUT2D eigenvalue weighted by Gasteiger charge is -2.14. The maximum absolute atomic E-state index is 4.85. The molecule has 1 heterocycles. The molecule has 25 heavy (non-hydrogen) atoms. The van der Waals surface area contributed by atoms with Crippen molar-refractivity contribution in [1.82, 2.24) is 9.88 Å². The first-order valence-electron chi connectivity index (χ1n) is 8.55. The molecule has 1 aromatic heterocycles. The van der Waals surface area contributed by atoms with Crippen LogP contribution in [0.15, 0.2) is 54.6 Å². The van der Waals surface area contributed by atoms with Crippen molar-refractivity contribution in [2.75, 3.05) is 32.5 Å². The molecule has 0 amide bonds. The Hall–Kier alpha value is -2.10. The van der Waals surface area contributed by atoms with E-state index in [2.05, 4.69) is 79.8 Å². The fourth-order valence-corrected chi connectivity index (χ4v) is 2.79. The number of para-hydroxylation sites is 1. The summed E-state index contributed by atoms with van der Waals surface area (Å²) in [5.74, 6) is 0. The highest BCUT2D eigenvalue weighted by Crippen LogP contribution is 2.28. The molecule has 3 nitrogen and oxygen atoms in total. The quantitative estimate of drug-likeness (QED) is 0.684. The molecule has 0 saturated carbocycles. The van der Waals surface area contributed by atoms with Gasteiger partial charge < -0.3 is 10.2 Å².